The number of benzene rings is 2. The minimum atomic E-state index is -0.453. The van der Waals surface area contributed by atoms with Gasteiger partial charge in [-0.3, -0.25) is 4.79 Å². The number of hydrogen-bond acceptors (Lipinski definition) is 7. The number of hydrogen-bond donors (Lipinski definition) is 0. The Balaban J connectivity index is 2.00. The van der Waals surface area contributed by atoms with Gasteiger partial charge in [-0.1, -0.05) is 29.3 Å². The van der Waals surface area contributed by atoms with E-state index in [1.807, 2.05) is 25.1 Å². The number of halogens is 2. The molecule has 0 spiro atoms. The number of ether oxygens (including phenoxy) is 3. The fourth-order valence-electron chi connectivity index (χ4n) is 3.33. The van der Waals surface area contributed by atoms with Gasteiger partial charge in [-0.05, 0) is 78.8 Å². The molecule has 0 aliphatic heterocycles. The Bertz CT molecular complexity index is 1290. The standard InChI is InChI=1S/C25H27BrIN3O5/c1-4-7-8-22-29-20-10-9-17(26)13-18(20)25(32)30(22)28-14-16-11-19(27)24(21(12-16)33-5-2)35-15-23(31)34-6-3/h9-14H,4-8,15H2,1-3H3. The second-order valence-corrected chi connectivity index (χ2v) is 9.59. The quantitative estimate of drug-likeness (QED) is 0.158. The van der Waals surface area contributed by atoms with Crippen LogP contribution in [0.2, 0.25) is 0 Å². The highest BCUT2D eigenvalue weighted by atomic mass is 127. The zero-order valence-electron chi connectivity index (χ0n) is 19.8. The average molecular weight is 656 g/mol. The highest BCUT2D eigenvalue weighted by molar-refractivity contribution is 14.1. The SMILES string of the molecule is CCCCc1nc2ccc(Br)cc2c(=O)n1N=Cc1cc(I)c(OCC(=O)OCC)c(OCC)c1. The average Bonchev–Trinajstić information content (AvgIpc) is 2.82. The highest BCUT2D eigenvalue weighted by Crippen LogP contribution is 2.34. The highest BCUT2D eigenvalue weighted by Gasteiger charge is 2.15. The topological polar surface area (TPSA) is 92.0 Å². The van der Waals surface area contributed by atoms with Gasteiger partial charge in [-0.2, -0.15) is 9.78 Å². The van der Waals surface area contributed by atoms with E-state index in [1.165, 1.54) is 4.68 Å². The lowest BCUT2D eigenvalue weighted by molar-refractivity contribution is -0.145. The lowest BCUT2D eigenvalue weighted by Crippen LogP contribution is -2.22. The van der Waals surface area contributed by atoms with Crippen molar-refractivity contribution in [3.8, 4) is 11.5 Å². The summed E-state index contributed by atoms with van der Waals surface area (Å²) < 4.78 is 19.3. The maximum atomic E-state index is 13.3. The van der Waals surface area contributed by atoms with Crippen LogP contribution in [0.5, 0.6) is 11.5 Å². The van der Waals surface area contributed by atoms with Crippen molar-refractivity contribution < 1.29 is 19.0 Å². The lowest BCUT2D eigenvalue weighted by Gasteiger charge is -2.14. The van der Waals surface area contributed by atoms with Crippen molar-refractivity contribution in [3.05, 3.63) is 60.1 Å². The van der Waals surface area contributed by atoms with Crippen LogP contribution in [-0.2, 0) is 16.0 Å². The van der Waals surface area contributed by atoms with Crippen LogP contribution < -0.4 is 15.0 Å². The lowest BCUT2D eigenvalue weighted by atomic mass is 10.2. The third-order valence-corrected chi connectivity index (χ3v) is 6.22. The van der Waals surface area contributed by atoms with E-state index < -0.39 is 5.97 Å². The molecule has 0 aliphatic rings. The number of fused-ring (bicyclic) bond motifs is 1. The number of nitrogens with zero attached hydrogens (tertiary/aromatic N) is 3. The van der Waals surface area contributed by atoms with Crippen LogP contribution in [0.4, 0.5) is 0 Å². The summed E-state index contributed by atoms with van der Waals surface area (Å²) in [4.78, 5) is 29.7. The molecule has 0 fully saturated rings. The van der Waals surface area contributed by atoms with Crippen LogP contribution in [0.1, 0.15) is 45.0 Å². The van der Waals surface area contributed by atoms with Gasteiger partial charge >= 0.3 is 5.97 Å². The van der Waals surface area contributed by atoms with Crippen LogP contribution in [0, 0.1) is 3.57 Å². The van der Waals surface area contributed by atoms with Gasteiger partial charge in [0.1, 0.15) is 5.82 Å². The number of aromatic nitrogens is 2. The summed E-state index contributed by atoms with van der Waals surface area (Å²) in [5, 5.41) is 5.00. The van der Waals surface area contributed by atoms with E-state index in [0.29, 0.717) is 46.8 Å². The second-order valence-electron chi connectivity index (χ2n) is 7.51. The van der Waals surface area contributed by atoms with E-state index in [1.54, 1.807) is 25.3 Å². The third-order valence-electron chi connectivity index (χ3n) is 4.92. The number of unbranched alkanes of at least 4 members (excludes halogenated alkanes) is 1. The fraction of sp³-hybridized carbons (Fsp3) is 0.360. The molecule has 0 N–H and O–H groups in total. The predicted octanol–water partition coefficient (Wildman–Crippen LogP) is 5.33. The van der Waals surface area contributed by atoms with Gasteiger partial charge in [0.2, 0.25) is 0 Å². The van der Waals surface area contributed by atoms with E-state index >= 15 is 0 Å². The Morgan fingerprint density at radius 3 is 2.69 bits per heavy atom. The van der Waals surface area contributed by atoms with Crippen LogP contribution in [-0.4, -0.2) is 41.7 Å². The molecule has 0 atom stereocenters. The first-order chi connectivity index (χ1) is 16.9. The summed E-state index contributed by atoms with van der Waals surface area (Å²) in [6.07, 6.45) is 4.10. The van der Waals surface area contributed by atoms with Crippen LogP contribution in [0.3, 0.4) is 0 Å². The monoisotopic (exact) mass is 655 g/mol. The van der Waals surface area contributed by atoms with Crippen molar-refractivity contribution in [1.29, 1.82) is 0 Å². The molecule has 35 heavy (non-hydrogen) atoms. The Morgan fingerprint density at radius 1 is 1.17 bits per heavy atom. The van der Waals surface area contributed by atoms with E-state index in [-0.39, 0.29) is 18.8 Å². The zero-order chi connectivity index (χ0) is 25.4. The minimum Gasteiger partial charge on any atom is -0.490 e. The molecule has 0 bridgehead atoms. The van der Waals surface area contributed by atoms with Crippen molar-refractivity contribution >= 4 is 61.6 Å². The number of carbonyl (C=O) groups excluding carboxylic acids is 1. The molecule has 0 saturated carbocycles. The Kier molecular flexibility index (Phi) is 10.1. The van der Waals surface area contributed by atoms with E-state index in [2.05, 4.69) is 50.5 Å². The van der Waals surface area contributed by atoms with Crippen LogP contribution in [0.15, 0.2) is 44.7 Å². The molecule has 2 aromatic carbocycles. The van der Waals surface area contributed by atoms with Crippen molar-refractivity contribution in [3.63, 3.8) is 0 Å². The Labute approximate surface area is 225 Å². The van der Waals surface area contributed by atoms with Crippen molar-refractivity contribution in [1.82, 2.24) is 9.66 Å². The van der Waals surface area contributed by atoms with Gasteiger partial charge in [-0.25, -0.2) is 9.78 Å². The van der Waals surface area contributed by atoms with Crippen molar-refractivity contribution in [2.45, 2.75) is 40.0 Å². The first-order valence-electron chi connectivity index (χ1n) is 11.4. The largest absolute Gasteiger partial charge is 0.490 e. The van der Waals surface area contributed by atoms with Crippen LogP contribution >= 0.6 is 38.5 Å². The van der Waals surface area contributed by atoms with Crippen molar-refractivity contribution in [2.75, 3.05) is 19.8 Å². The number of esters is 1. The molecular formula is C25H27BrIN3O5. The van der Waals surface area contributed by atoms with Gasteiger partial charge in [-0.15, -0.1) is 0 Å². The molecule has 1 heterocycles. The van der Waals surface area contributed by atoms with E-state index in [9.17, 15) is 9.59 Å². The van der Waals surface area contributed by atoms with Crippen molar-refractivity contribution in [2.24, 2.45) is 5.10 Å². The molecule has 0 saturated heterocycles. The first-order valence-corrected chi connectivity index (χ1v) is 13.2. The van der Waals surface area contributed by atoms with Gasteiger partial charge < -0.3 is 14.2 Å². The number of rotatable bonds is 11. The molecule has 0 amide bonds. The van der Waals surface area contributed by atoms with E-state index in [0.717, 1.165) is 20.9 Å². The summed E-state index contributed by atoms with van der Waals surface area (Å²) in [5.74, 6) is 1.09. The Hall–Kier alpha value is -2.47. The fourth-order valence-corrected chi connectivity index (χ4v) is 4.48. The normalized spacial score (nSPS) is 11.2. The summed E-state index contributed by atoms with van der Waals surface area (Å²) in [7, 11) is 0. The number of aryl methyl sites for hydroxylation is 1. The summed E-state index contributed by atoms with van der Waals surface area (Å²) in [5.41, 5.74) is 1.13. The molecule has 3 aromatic rings. The smallest absolute Gasteiger partial charge is 0.344 e. The molecular weight excluding hydrogens is 629 g/mol. The summed E-state index contributed by atoms with van der Waals surface area (Å²) in [6, 6.07) is 9.06. The van der Waals surface area contributed by atoms with Gasteiger partial charge in [0.05, 0.1) is 33.9 Å². The third kappa shape index (κ3) is 7.03. The molecule has 0 radical (unpaired) electrons. The molecule has 3 rings (SSSR count). The van der Waals surface area contributed by atoms with Gasteiger partial charge in [0.15, 0.2) is 18.1 Å². The molecule has 0 unspecified atom stereocenters. The molecule has 10 heteroatoms. The van der Waals surface area contributed by atoms with Gasteiger partial charge in [0.25, 0.3) is 5.56 Å². The molecule has 186 valence electrons. The van der Waals surface area contributed by atoms with E-state index in [4.69, 9.17) is 19.2 Å². The molecule has 0 aliphatic carbocycles. The zero-order valence-corrected chi connectivity index (χ0v) is 23.6. The second kappa shape index (κ2) is 13.0. The number of carbonyl (C=O) groups is 1. The Morgan fingerprint density at radius 2 is 1.97 bits per heavy atom. The predicted molar refractivity (Wildman–Crippen MR) is 148 cm³/mol. The molecule has 1 aromatic heterocycles. The van der Waals surface area contributed by atoms with Gasteiger partial charge in [0, 0.05) is 10.9 Å². The minimum absolute atomic E-state index is 0.216. The maximum absolute atomic E-state index is 13.3. The summed E-state index contributed by atoms with van der Waals surface area (Å²) >= 11 is 5.54. The maximum Gasteiger partial charge on any atom is 0.344 e. The first kappa shape index (κ1) is 27.1. The summed E-state index contributed by atoms with van der Waals surface area (Å²) in [6.45, 7) is 6.17. The molecule has 8 nitrogen and oxygen atoms in total. The van der Waals surface area contributed by atoms with Crippen LogP contribution in [0.25, 0.3) is 10.9 Å².